The van der Waals surface area contributed by atoms with E-state index >= 15 is 0 Å². The molecule has 2 aromatic heterocycles. The number of hydrogen-bond acceptors (Lipinski definition) is 5. The summed E-state index contributed by atoms with van der Waals surface area (Å²) in [6.45, 7) is 7.67. The molecule has 1 fully saturated rings. The van der Waals surface area contributed by atoms with Crippen LogP contribution in [0, 0.1) is 18.3 Å². The van der Waals surface area contributed by atoms with E-state index < -0.39 is 0 Å². The maximum atomic E-state index is 9.61. The number of pyridine rings is 1. The van der Waals surface area contributed by atoms with E-state index in [4.69, 9.17) is 0 Å². The highest BCUT2D eigenvalue weighted by atomic mass is 15.2. The number of allylic oxidation sites excluding steroid dienone is 1. The quantitative estimate of drug-likeness (QED) is 0.518. The van der Waals surface area contributed by atoms with Crippen molar-refractivity contribution >= 4 is 28.4 Å². The molecule has 0 bridgehead atoms. The number of nitriles is 1. The molecule has 3 N–H and O–H groups in total. The summed E-state index contributed by atoms with van der Waals surface area (Å²) in [4.78, 5) is 10.0. The van der Waals surface area contributed by atoms with Gasteiger partial charge in [0.25, 0.3) is 0 Å². The molecule has 0 unspecified atom stereocenters. The molecule has 6 heteroatoms. The minimum atomic E-state index is 0.548. The number of rotatable bonds is 7. The minimum absolute atomic E-state index is 0.548. The van der Waals surface area contributed by atoms with Crippen LogP contribution in [0.3, 0.4) is 0 Å². The van der Waals surface area contributed by atoms with E-state index in [1.165, 1.54) is 5.39 Å². The van der Waals surface area contributed by atoms with Crippen molar-refractivity contribution in [3.8, 4) is 6.07 Å². The first-order chi connectivity index (χ1) is 14.8. The summed E-state index contributed by atoms with van der Waals surface area (Å²) in [5.41, 5.74) is 5.55. The van der Waals surface area contributed by atoms with Crippen LogP contribution < -0.4 is 10.6 Å². The van der Waals surface area contributed by atoms with Crippen LogP contribution in [0.1, 0.15) is 29.5 Å². The highest BCUT2D eigenvalue weighted by Gasteiger charge is 2.11. The Bertz CT molecular complexity index is 1070. The largest absolute Gasteiger partial charge is 0.361 e. The highest BCUT2D eigenvalue weighted by Crippen LogP contribution is 2.30. The van der Waals surface area contributed by atoms with Gasteiger partial charge in [0.05, 0.1) is 11.3 Å². The number of aromatic amines is 1. The lowest BCUT2D eigenvalue weighted by molar-refractivity contribution is 0.239. The molecule has 0 saturated carbocycles. The third kappa shape index (κ3) is 4.54. The molecule has 6 nitrogen and oxygen atoms in total. The number of nitrogens with zero attached hydrogens (tertiary/aromatic N) is 3. The van der Waals surface area contributed by atoms with E-state index in [1.807, 2.05) is 12.4 Å². The van der Waals surface area contributed by atoms with Crippen LogP contribution in [0.25, 0.3) is 17.0 Å². The number of aryl methyl sites for hydroxylation is 1. The van der Waals surface area contributed by atoms with Gasteiger partial charge in [-0.2, -0.15) is 5.26 Å². The number of fused-ring (bicyclic) bond motifs is 1. The number of benzene rings is 1. The van der Waals surface area contributed by atoms with Gasteiger partial charge >= 0.3 is 0 Å². The highest BCUT2D eigenvalue weighted by molar-refractivity contribution is 5.89. The van der Waals surface area contributed by atoms with E-state index in [1.54, 1.807) is 6.20 Å². The predicted molar refractivity (Wildman–Crippen MR) is 123 cm³/mol. The predicted octanol–water partition coefficient (Wildman–Crippen LogP) is 4.19. The Labute approximate surface area is 177 Å². The van der Waals surface area contributed by atoms with Crippen molar-refractivity contribution in [2.45, 2.75) is 19.8 Å². The number of hydrogen-bond donors (Lipinski definition) is 3. The first-order valence-electron chi connectivity index (χ1n) is 10.6. The van der Waals surface area contributed by atoms with Crippen molar-refractivity contribution in [3.05, 3.63) is 59.6 Å². The molecule has 0 spiro atoms. The summed E-state index contributed by atoms with van der Waals surface area (Å²) in [6.07, 6.45) is 11.8. The molecule has 0 aliphatic carbocycles. The first kappa shape index (κ1) is 20.1. The summed E-state index contributed by atoms with van der Waals surface area (Å²) in [7, 11) is 0. The Morgan fingerprint density at radius 2 is 2.10 bits per heavy atom. The zero-order valence-corrected chi connectivity index (χ0v) is 17.4. The summed E-state index contributed by atoms with van der Waals surface area (Å²) in [5, 5.41) is 17.7. The zero-order valence-electron chi connectivity index (χ0n) is 17.4. The fourth-order valence-corrected chi connectivity index (χ4v) is 3.96. The third-order valence-electron chi connectivity index (χ3n) is 5.71. The molecule has 4 rings (SSSR count). The monoisotopic (exact) mass is 400 g/mol. The van der Waals surface area contributed by atoms with Gasteiger partial charge in [-0.15, -0.1) is 0 Å². The Morgan fingerprint density at radius 3 is 2.93 bits per heavy atom. The second kappa shape index (κ2) is 9.57. The van der Waals surface area contributed by atoms with Gasteiger partial charge in [0, 0.05) is 66.9 Å². The molecule has 3 aromatic rings. The Balaban J connectivity index is 1.48. The van der Waals surface area contributed by atoms with Crippen molar-refractivity contribution in [3.63, 3.8) is 0 Å². The topological polar surface area (TPSA) is 79.8 Å². The Morgan fingerprint density at radius 1 is 1.23 bits per heavy atom. The van der Waals surface area contributed by atoms with Gasteiger partial charge in [-0.25, -0.2) is 0 Å². The zero-order chi connectivity index (χ0) is 20.8. The average molecular weight is 401 g/mol. The molecule has 30 heavy (non-hydrogen) atoms. The molecule has 0 amide bonds. The van der Waals surface area contributed by atoms with Crippen LogP contribution in [-0.4, -0.2) is 47.6 Å². The number of unbranched alkanes of at least 4 members (excludes halogenated alkanes) is 1. The van der Waals surface area contributed by atoms with Gasteiger partial charge in [0.2, 0.25) is 0 Å². The molecule has 1 saturated heterocycles. The van der Waals surface area contributed by atoms with E-state index in [-0.39, 0.29) is 0 Å². The minimum Gasteiger partial charge on any atom is -0.361 e. The van der Waals surface area contributed by atoms with E-state index in [0.717, 1.165) is 73.6 Å². The standard InChI is InChI=1S/C24H28N6/c1-18-21-8-9-28-23(21)7-6-22(18)29-24-19(16-27-17-20(24)15-25)5-3-2-4-12-30-13-10-26-11-14-30/h3,5-9,16-17,26,28H,2,4,10-14H2,1H3,(H,27,29). The third-order valence-corrected chi connectivity index (χ3v) is 5.71. The molecule has 1 aromatic carbocycles. The molecule has 0 radical (unpaired) electrons. The molecule has 1 aliphatic rings. The second-order valence-electron chi connectivity index (χ2n) is 7.70. The SMILES string of the molecule is Cc1c(Nc2c(C#N)cncc2C=CCCCN2CCNCC2)ccc2[nH]ccc12. The lowest BCUT2D eigenvalue weighted by atomic mass is 10.1. The second-order valence-corrected chi connectivity index (χ2v) is 7.70. The molecule has 154 valence electrons. The Kier molecular flexibility index (Phi) is 6.43. The van der Waals surface area contributed by atoms with Crippen molar-refractivity contribution in [1.82, 2.24) is 20.2 Å². The van der Waals surface area contributed by atoms with Gasteiger partial charge < -0.3 is 20.5 Å². The molecule has 1 aliphatic heterocycles. The number of anilines is 2. The Hall–Kier alpha value is -3.14. The van der Waals surface area contributed by atoms with Crippen LogP contribution in [-0.2, 0) is 0 Å². The number of aromatic nitrogens is 2. The van der Waals surface area contributed by atoms with E-state index in [0.29, 0.717) is 5.56 Å². The van der Waals surface area contributed by atoms with Crippen LogP contribution in [0.5, 0.6) is 0 Å². The summed E-state index contributed by atoms with van der Waals surface area (Å²) < 4.78 is 0. The molecule has 0 atom stereocenters. The van der Waals surface area contributed by atoms with Gasteiger partial charge in [0.15, 0.2) is 0 Å². The van der Waals surface area contributed by atoms with Crippen LogP contribution in [0.2, 0.25) is 0 Å². The maximum absolute atomic E-state index is 9.61. The average Bonchev–Trinajstić information content (AvgIpc) is 3.26. The lowest BCUT2D eigenvalue weighted by Crippen LogP contribution is -2.43. The smallest absolute Gasteiger partial charge is 0.103 e. The fraction of sp³-hybridized carbons (Fsp3) is 0.333. The number of piperazine rings is 1. The van der Waals surface area contributed by atoms with Crippen LogP contribution in [0.15, 0.2) is 42.9 Å². The summed E-state index contributed by atoms with van der Waals surface area (Å²) in [5.74, 6) is 0. The maximum Gasteiger partial charge on any atom is 0.103 e. The number of H-pyrrole nitrogens is 1. The lowest BCUT2D eigenvalue weighted by Gasteiger charge is -2.26. The van der Waals surface area contributed by atoms with Crippen molar-refractivity contribution in [1.29, 1.82) is 5.26 Å². The fourth-order valence-electron chi connectivity index (χ4n) is 3.96. The summed E-state index contributed by atoms with van der Waals surface area (Å²) >= 11 is 0. The van der Waals surface area contributed by atoms with Gasteiger partial charge in [0.1, 0.15) is 6.07 Å². The van der Waals surface area contributed by atoms with Gasteiger partial charge in [-0.3, -0.25) is 4.98 Å². The van der Waals surface area contributed by atoms with E-state index in [2.05, 4.69) is 68.8 Å². The van der Waals surface area contributed by atoms with Crippen LogP contribution >= 0.6 is 0 Å². The number of nitrogens with one attached hydrogen (secondary N) is 3. The normalized spacial score (nSPS) is 14.9. The van der Waals surface area contributed by atoms with Crippen molar-refractivity contribution < 1.29 is 0 Å². The van der Waals surface area contributed by atoms with Gasteiger partial charge in [-0.1, -0.05) is 12.2 Å². The molecular formula is C24H28N6. The summed E-state index contributed by atoms with van der Waals surface area (Å²) in [6, 6.07) is 8.46. The molecule has 3 heterocycles. The molecular weight excluding hydrogens is 372 g/mol. The first-order valence-corrected chi connectivity index (χ1v) is 10.6. The van der Waals surface area contributed by atoms with Gasteiger partial charge in [-0.05, 0) is 50.1 Å². The van der Waals surface area contributed by atoms with Crippen LogP contribution in [0.4, 0.5) is 11.4 Å². The van der Waals surface area contributed by atoms with E-state index in [9.17, 15) is 5.26 Å². The van der Waals surface area contributed by atoms with Crippen molar-refractivity contribution in [2.24, 2.45) is 0 Å². The van der Waals surface area contributed by atoms with Crippen molar-refractivity contribution in [2.75, 3.05) is 38.0 Å².